The maximum atomic E-state index is 12.3. The highest BCUT2D eigenvalue weighted by Gasteiger charge is 2.58. The molecular formula is C28H46O6Si. The molecule has 3 fully saturated rings. The first kappa shape index (κ1) is 28.1. The SMILES string of the molecule is C=C1CC[C@@H]2[C@](C)(CO[Si](C)(C)C(C)(C)C)[C@H](O)CC[C@@]2(C)[C@@H]1C/C=C1/C(=O)OC[C@H]1OC(C)=O. The van der Waals surface area contributed by atoms with Crippen LogP contribution in [0.15, 0.2) is 23.8 Å². The van der Waals surface area contributed by atoms with Gasteiger partial charge in [0, 0.05) is 18.9 Å². The van der Waals surface area contributed by atoms with Crippen molar-refractivity contribution >= 4 is 20.3 Å². The van der Waals surface area contributed by atoms with E-state index in [1.807, 2.05) is 6.08 Å². The molecule has 0 aromatic rings. The monoisotopic (exact) mass is 506 g/mol. The van der Waals surface area contributed by atoms with Crippen molar-refractivity contribution in [2.75, 3.05) is 13.2 Å². The second kappa shape index (κ2) is 9.79. The average molecular weight is 507 g/mol. The van der Waals surface area contributed by atoms with Crippen LogP contribution in [0.5, 0.6) is 0 Å². The minimum atomic E-state index is -1.97. The van der Waals surface area contributed by atoms with Crippen molar-refractivity contribution in [1.82, 2.24) is 0 Å². The molecule has 1 N–H and O–H groups in total. The van der Waals surface area contributed by atoms with E-state index < -0.39 is 32.5 Å². The smallest absolute Gasteiger partial charge is 0.337 e. The second-order valence-corrected chi connectivity index (χ2v) is 17.8. The lowest BCUT2D eigenvalue weighted by Gasteiger charge is -2.60. The van der Waals surface area contributed by atoms with Crippen molar-refractivity contribution in [3.63, 3.8) is 0 Å². The highest BCUT2D eigenvalue weighted by molar-refractivity contribution is 6.74. The Labute approximate surface area is 212 Å². The van der Waals surface area contributed by atoms with Crippen LogP contribution >= 0.6 is 0 Å². The first-order valence-corrected chi connectivity index (χ1v) is 16.0. The van der Waals surface area contributed by atoms with Crippen LogP contribution in [-0.2, 0) is 23.5 Å². The number of hydrogen-bond donors (Lipinski definition) is 1. The zero-order chi connectivity index (χ0) is 26.4. The van der Waals surface area contributed by atoms with Gasteiger partial charge in [0.25, 0.3) is 0 Å². The van der Waals surface area contributed by atoms with Crippen molar-refractivity contribution in [1.29, 1.82) is 0 Å². The van der Waals surface area contributed by atoms with Gasteiger partial charge in [0.2, 0.25) is 0 Å². The van der Waals surface area contributed by atoms with E-state index in [0.29, 0.717) is 18.6 Å². The van der Waals surface area contributed by atoms with Crippen LogP contribution in [0.3, 0.4) is 0 Å². The lowest BCUT2D eigenvalue weighted by molar-refractivity contribution is -0.148. The van der Waals surface area contributed by atoms with E-state index >= 15 is 0 Å². The second-order valence-electron chi connectivity index (χ2n) is 13.0. The fourth-order valence-electron chi connectivity index (χ4n) is 6.38. The van der Waals surface area contributed by atoms with E-state index in [1.54, 1.807) is 0 Å². The van der Waals surface area contributed by atoms with Gasteiger partial charge in [0.1, 0.15) is 6.61 Å². The van der Waals surface area contributed by atoms with E-state index in [2.05, 4.69) is 54.3 Å². The topological polar surface area (TPSA) is 82.1 Å². The number of fused-ring (bicyclic) bond motifs is 1. The number of ether oxygens (including phenoxy) is 2. The van der Waals surface area contributed by atoms with Gasteiger partial charge in [-0.3, -0.25) is 4.79 Å². The number of allylic oxidation sites excluding steroid dienone is 2. The summed E-state index contributed by atoms with van der Waals surface area (Å²) in [6, 6.07) is 0. The van der Waals surface area contributed by atoms with Crippen molar-refractivity contribution < 1.29 is 28.6 Å². The predicted molar refractivity (Wildman–Crippen MR) is 139 cm³/mol. The molecular weight excluding hydrogens is 460 g/mol. The molecule has 0 spiro atoms. The fourth-order valence-corrected chi connectivity index (χ4v) is 7.49. The van der Waals surface area contributed by atoms with E-state index in [9.17, 15) is 14.7 Å². The normalized spacial score (nSPS) is 37.2. The Morgan fingerprint density at radius 3 is 2.54 bits per heavy atom. The van der Waals surface area contributed by atoms with Crippen LogP contribution in [-0.4, -0.2) is 50.8 Å². The van der Waals surface area contributed by atoms with Crippen LogP contribution < -0.4 is 0 Å². The molecule has 2 saturated carbocycles. The highest BCUT2D eigenvalue weighted by Crippen LogP contribution is 2.62. The number of aliphatic hydroxyl groups excluding tert-OH is 1. The molecule has 0 radical (unpaired) electrons. The van der Waals surface area contributed by atoms with Gasteiger partial charge >= 0.3 is 11.9 Å². The number of carbonyl (C=O) groups excluding carboxylic acids is 2. The predicted octanol–water partition coefficient (Wildman–Crippen LogP) is 5.56. The summed E-state index contributed by atoms with van der Waals surface area (Å²) >= 11 is 0. The number of cyclic esters (lactones) is 1. The molecule has 1 aliphatic heterocycles. The lowest BCUT2D eigenvalue weighted by atomic mass is 9.46. The third-order valence-corrected chi connectivity index (χ3v) is 14.2. The summed E-state index contributed by atoms with van der Waals surface area (Å²) in [4.78, 5) is 23.8. The zero-order valence-electron chi connectivity index (χ0n) is 23.0. The Balaban J connectivity index is 1.87. The van der Waals surface area contributed by atoms with E-state index in [4.69, 9.17) is 13.9 Å². The summed E-state index contributed by atoms with van der Waals surface area (Å²) < 4.78 is 17.2. The third-order valence-electron chi connectivity index (χ3n) is 9.73. The summed E-state index contributed by atoms with van der Waals surface area (Å²) in [6.45, 7) is 22.2. The standard InChI is InChI=1S/C28H46O6Si/c1-18-10-13-23-27(6,21(18)12-11-20-22(34-19(2)29)16-32-25(20)31)15-14-24(30)28(23,7)17-33-35(8,9)26(3,4)5/h11,21-24,30H,1,10,12-17H2,2-9H3/b20-11+/t21-,22-,23+,24-,27+,28+/m1/s1. The lowest BCUT2D eigenvalue weighted by Crippen LogP contribution is -2.59. The van der Waals surface area contributed by atoms with Gasteiger partial charge in [0.05, 0.1) is 11.7 Å². The molecule has 1 saturated heterocycles. The van der Waals surface area contributed by atoms with Crippen LogP contribution in [0, 0.1) is 22.7 Å². The molecule has 35 heavy (non-hydrogen) atoms. The first-order chi connectivity index (χ1) is 16.0. The molecule has 0 bridgehead atoms. The van der Waals surface area contributed by atoms with Crippen molar-refractivity contribution in [3.05, 3.63) is 23.8 Å². The van der Waals surface area contributed by atoms with Crippen LogP contribution in [0.4, 0.5) is 0 Å². The number of hydrogen-bond acceptors (Lipinski definition) is 6. The van der Waals surface area contributed by atoms with Gasteiger partial charge in [0.15, 0.2) is 14.4 Å². The molecule has 7 heteroatoms. The van der Waals surface area contributed by atoms with E-state index in [-0.39, 0.29) is 34.3 Å². The average Bonchev–Trinajstić information content (AvgIpc) is 3.07. The number of aliphatic hydroxyl groups is 1. The van der Waals surface area contributed by atoms with Gasteiger partial charge in [-0.15, -0.1) is 0 Å². The van der Waals surface area contributed by atoms with Crippen LogP contribution in [0.2, 0.25) is 18.1 Å². The summed E-state index contributed by atoms with van der Waals surface area (Å²) in [7, 11) is -1.97. The minimum absolute atomic E-state index is 0.0728. The summed E-state index contributed by atoms with van der Waals surface area (Å²) in [5, 5.41) is 11.4. The van der Waals surface area contributed by atoms with Crippen LogP contribution in [0.1, 0.15) is 73.6 Å². The summed E-state index contributed by atoms with van der Waals surface area (Å²) in [5.74, 6) is -0.393. The Bertz CT molecular complexity index is 886. The Morgan fingerprint density at radius 1 is 1.29 bits per heavy atom. The Kier molecular flexibility index (Phi) is 7.87. The first-order valence-electron chi connectivity index (χ1n) is 13.1. The van der Waals surface area contributed by atoms with Crippen molar-refractivity contribution in [3.8, 4) is 0 Å². The molecule has 6 nitrogen and oxygen atoms in total. The van der Waals surface area contributed by atoms with Gasteiger partial charge < -0.3 is 19.0 Å². The molecule has 0 unspecified atom stereocenters. The molecule has 6 atom stereocenters. The molecule has 3 rings (SSSR count). The zero-order valence-corrected chi connectivity index (χ0v) is 24.0. The number of carbonyl (C=O) groups is 2. The highest BCUT2D eigenvalue weighted by atomic mass is 28.4. The molecule has 198 valence electrons. The Hall–Kier alpha value is -1.44. The summed E-state index contributed by atoms with van der Waals surface area (Å²) in [6.07, 6.45) is 5.00. The maximum absolute atomic E-state index is 12.3. The fraction of sp³-hybridized carbons (Fsp3) is 0.786. The van der Waals surface area contributed by atoms with E-state index in [1.165, 1.54) is 12.5 Å². The maximum Gasteiger partial charge on any atom is 0.337 e. The largest absolute Gasteiger partial charge is 0.458 e. The van der Waals surface area contributed by atoms with E-state index in [0.717, 1.165) is 25.7 Å². The number of rotatable bonds is 6. The van der Waals surface area contributed by atoms with Crippen molar-refractivity contribution in [2.24, 2.45) is 22.7 Å². The molecule has 3 aliphatic rings. The number of esters is 2. The van der Waals surface area contributed by atoms with Crippen LogP contribution in [0.25, 0.3) is 0 Å². The van der Waals surface area contributed by atoms with Gasteiger partial charge in [-0.05, 0) is 67.5 Å². The third kappa shape index (κ3) is 5.32. The molecule has 2 aliphatic carbocycles. The van der Waals surface area contributed by atoms with Gasteiger partial charge in [-0.1, -0.05) is 52.8 Å². The quantitative estimate of drug-likeness (QED) is 0.220. The molecule has 0 aromatic heterocycles. The summed E-state index contributed by atoms with van der Waals surface area (Å²) in [5.41, 5.74) is 1.20. The van der Waals surface area contributed by atoms with Crippen molar-refractivity contribution in [2.45, 2.75) is 104 Å². The molecule has 0 aromatic carbocycles. The molecule has 1 heterocycles. The minimum Gasteiger partial charge on any atom is -0.458 e. The van der Waals surface area contributed by atoms with Gasteiger partial charge in [-0.25, -0.2) is 4.79 Å². The Morgan fingerprint density at radius 2 is 1.94 bits per heavy atom. The molecule has 0 amide bonds. The van der Waals surface area contributed by atoms with Gasteiger partial charge in [-0.2, -0.15) is 0 Å².